The van der Waals surface area contributed by atoms with E-state index in [0.29, 0.717) is 0 Å². The minimum absolute atomic E-state index is 1.02. The van der Waals surface area contributed by atoms with Gasteiger partial charge in [0.2, 0.25) is 0 Å². The van der Waals surface area contributed by atoms with Crippen LogP contribution in [0.25, 0.3) is 0 Å². The van der Waals surface area contributed by atoms with Gasteiger partial charge in [0, 0.05) is 37.9 Å². The first-order chi connectivity index (χ1) is 8.54. The van der Waals surface area contributed by atoms with E-state index in [4.69, 9.17) is 0 Å². The molecule has 0 spiro atoms. The summed E-state index contributed by atoms with van der Waals surface area (Å²) < 4.78 is 0. The highest BCUT2D eigenvalue weighted by Gasteiger charge is 2.11. The van der Waals surface area contributed by atoms with E-state index < -0.39 is 8.07 Å². The second-order valence-electron chi connectivity index (χ2n) is 5.64. The summed E-state index contributed by atoms with van der Waals surface area (Å²) in [6.07, 6.45) is 1.89. The van der Waals surface area contributed by atoms with Crippen LogP contribution < -0.4 is 10.2 Å². The average Bonchev–Trinajstić information content (AvgIpc) is 2.37. The quantitative estimate of drug-likeness (QED) is 0.615. The van der Waals surface area contributed by atoms with Crippen molar-refractivity contribution in [2.24, 2.45) is 0 Å². The van der Waals surface area contributed by atoms with Crippen molar-refractivity contribution in [3.05, 3.63) is 23.9 Å². The molecule has 0 unspecified atom stereocenters. The van der Waals surface area contributed by atoms with Crippen LogP contribution in [0.5, 0.6) is 0 Å². The Bertz CT molecular complexity index is 445. The van der Waals surface area contributed by atoms with Gasteiger partial charge in [-0.2, -0.15) is 0 Å². The smallest absolute Gasteiger partial charge is 0.129 e. The van der Waals surface area contributed by atoms with Crippen molar-refractivity contribution >= 4 is 13.9 Å². The van der Waals surface area contributed by atoms with Gasteiger partial charge in [-0.05, 0) is 12.1 Å². The highest BCUT2D eigenvalue weighted by molar-refractivity contribution is 6.83. The Hall–Kier alpha value is -1.31. The Balaban J connectivity index is 2.07. The zero-order valence-electron chi connectivity index (χ0n) is 11.5. The normalized spacial score (nSPS) is 16.1. The lowest BCUT2D eigenvalue weighted by Crippen LogP contribution is -2.43. The molecule has 1 aromatic rings. The molecule has 1 aromatic heterocycles. The molecule has 18 heavy (non-hydrogen) atoms. The van der Waals surface area contributed by atoms with Gasteiger partial charge in [0.25, 0.3) is 0 Å². The topological polar surface area (TPSA) is 28.2 Å². The molecular formula is C14H21N3Si. The summed E-state index contributed by atoms with van der Waals surface area (Å²) in [5.74, 6) is 4.30. The number of pyridine rings is 1. The first kappa shape index (κ1) is 13.1. The molecule has 0 aliphatic carbocycles. The van der Waals surface area contributed by atoms with Crippen LogP contribution in [0.4, 0.5) is 5.82 Å². The van der Waals surface area contributed by atoms with Gasteiger partial charge < -0.3 is 10.2 Å². The van der Waals surface area contributed by atoms with Gasteiger partial charge in [-0.1, -0.05) is 25.6 Å². The van der Waals surface area contributed by atoms with Crippen molar-refractivity contribution in [3.63, 3.8) is 0 Å². The minimum Gasteiger partial charge on any atom is -0.354 e. The first-order valence-corrected chi connectivity index (χ1v) is 9.99. The summed E-state index contributed by atoms with van der Waals surface area (Å²) in [5, 5.41) is 3.35. The highest BCUT2D eigenvalue weighted by Crippen LogP contribution is 2.11. The molecule has 1 aliphatic rings. The number of hydrogen-bond acceptors (Lipinski definition) is 3. The molecule has 4 heteroatoms. The van der Waals surface area contributed by atoms with Gasteiger partial charge in [0.05, 0.1) is 0 Å². The Labute approximate surface area is 111 Å². The zero-order chi connectivity index (χ0) is 13.0. The third-order valence-corrected chi connectivity index (χ3v) is 3.65. The molecule has 96 valence electrons. The number of hydrogen-bond donors (Lipinski definition) is 1. The van der Waals surface area contributed by atoms with Crippen molar-refractivity contribution in [3.8, 4) is 11.5 Å². The van der Waals surface area contributed by atoms with E-state index >= 15 is 0 Å². The van der Waals surface area contributed by atoms with Crippen LogP contribution in [0.15, 0.2) is 18.3 Å². The molecule has 0 amide bonds. The van der Waals surface area contributed by atoms with Crippen LogP contribution in [0.1, 0.15) is 5.56 Å². The Morgan fingerprint density at radius 2 is 1.94 bits per heavy atom. The number of nitrogens with zero attached hydrogens (tertiary/aromatic N) is 2. The lowest BCUT2D eigenvalue weighted by atomic mass is 10.3. The van der Waals surface area contributed by atoms with Gasteiger partial charge in [-0.15, -0.1) is 5.54 Å². The number of nitrogens with one attached hydrogen (secondary N) is 1. The van der Waals surface area contributed by atoms with Gasteiger partial charge >= 0.3 is 0 Å². The van der Waals surface area contributed by atoms with Crippen molar-refractivity contribution in [1.82, 2.24) is 10.3 Å². The summed E-state index contributed by atoms with van der Waals surface area (Å²) in [5.41, 5.74) is 4.39. The zero-order valence-corrected chi connectivity index (χ0v) is 12.5. The van der Waals surface area contributed by atoms with Crippen molar-refractivity contribution in [2.45, 2.75) is 19.6 Å². The van der Waals surface area contributed by atoms with E-state index in [-0.39, 0.29) is 0 Å². The fourth-order valence-electron chi connectivity index (χ4n) is 1.80. The maximum absolute atomic E-state index is 4.51. The lowest BCUT2D eigenvalue weighted by Gasteiger charge is -2.28. The van der Waals surface area contributed by atoms with Crippen molar-refractivity contribution in [2.75, 3.05) is 31.1 Å². The van der Waals surface area contributed by atoms with E-state index in [1.807, 2.05) is 6.20 Å². The summed E-state index contributed by atoms with van der Waals surface area (Å²) >= 11 is 0. The fraction of sp³-hybridized carbons (Fsp3) is 0.500. The Morgan fingerprint density at radius 3 is 2.50 bits per heavy atom. The monoisotopic (exact) mass is 259 g/mol. The van der Waals surface area contributed by atoms with Crippen LogP contribution in [0.3, 0.4) is 0 Å². The molecule has 2 rings (SSSR count). The summed E-state index contributed by atoms with van der Waals surface area (Å²) in [6.45, 7) is 10.9. The summed E-state index contributed by atoms with van der Waals surface area (Å²) in [6, 6.07) is 4.16. The third-order valence-electron chi connectivity index (χ3n) is 2.77. The maximum atomic E-state index is 4.51. The maximum Gasteiger partial charge on any atom is 0.129 e. The van der Waals surface area contributed by atoms with Gasteiger partial charge in [-0.3, -0.25) is 0 Å². The second kappa shape index (κ2) is 5.55. The van der Waals surface area contributed by atoms with Crippen LogP contribution in [0.2, 0.25) is 19.6 Å². The Kier molecular flexibility index (Phi) is 4.05. The number of piperazine rings is 1. The first-order valence-electron chi connectivity index (χ1n) is 6.49. The lowest BCUT2D eigenvalue weighted by molar-refractivity contribution is 0.585. The summed E-state index contributed by atoms with van der Waals surface area (Å²) in [7, 11) is -1.29. The molecule has 1 saturated heterocycles. The van der Waals surface area contributed by atoms with E-state index in [2.05, 4.69) is 58.4 Å². The van der Waals surface area contributed by atoms with Crippen molar-refractivity contribution in [1.29, 1.82) is 0 Å². The van der Waals surface area contributed by atoms with E-state index in [9.17, 15) is 0 Å². The van der Waals surface area contributed by atoms with Crippen LogP contribution >= 0.6 is 0 Å². The second-order valence-corrected chi connectivity index (χ2v) is 10.4. The van der Waals surface area contributed by atoms with Crippen LogP contribution in [-0.2, 0) is 0 Å². The molecule has 1 N–H and O–H groups in total. The highest BCUT2D eigenvalue weighted by atomic mass is 28.3. The van der Waals surface area contributed by atoms with Gasteiger partial charge in [-0.25, -0.2) is 4.98 Å². The molecule has 1 fully saturated rings. The average molecular weight is 259 g/mol. The Morgan fingerprint density at radius 1 is 1.22 bits per heavy atom. The number of anilines is 1. The SMILES string of the molecule is C[Si](C)(C)C#Cc1ccc(N2CCNCC2)nc1. The van der Waals surface area contributed by atoms with Gasteiger partial charge in [0.15, 0.2) is 0 Å². The van der Waals surface area contributed by atoms with Crippen molar-refractivity contribution < 1.29 is 0 Å². The van der Waals surface area contributed by atoms with E-state index in [1.165, 1.54) is 0 Å². The number of aromatic nitrogens is 1. The standard InChI is InChI=1S/C14H21N3Si/c1-18(2,3)11-6-13-4-5-14(16-12-13)17-9-7-15-8-10-17/h4-5,12,15H,7-10H2,1-3H3. The molecule has 0 atom stereocenters. The third kappa shape index (κ3) is 3.86. The minimum atomic E-state index is -1.29. The van der Waals surface area contributed by atoms with Gasteiger partial charge in [0.1, 0.15) is 13.9 Å². The van der Waals surface area contributed by atoms with Crippen LogP contribution in [-0.4, -0.2) is 39.2 Å². The van der Waals surface area contributed by atoms with E-state index in [1.54, 1.807) is 0 Å². The van der Waals surface area contributed by atoms with E-state index in [0.717, 1.165) is 37.6 Å². The predicted octanol–water partition coefficient (Wildman–Crippen LogP) is 1.72. The fourth-order valence-corrected chi connectivity index (χ4v) is 2.32. The van der Waals surface area contributed by atoms with Crippen LogP contribution in [0, 0.1) is 11.5 Å². The number of rotatable bonds is 1. The summed E-state index contributed by atoms with van der Waals surface area (Å²) in [4.78, 5) is 6.83. The molecule has 1 aliphatic heterocycles. The molecule has 0 saturated carbocycles. The molecular weight excluding hydrogens is 238 g/mol. The predicted molar refractivity (Wildman–Crippen MR) is 79.5 cm³/mol. The molecule has 3 nitrogen and oxygen atoms in total. The largest absolute Gasteiger partial charge is 0.354 e. The molecule has 0 radical (unpaired) electrons. The molecule has 0 aromatic carbocycles. The molecule has 2 heterocycles. The molecule has 0 bridgehead atoms.